The molecule has 0 saturated heterocycles. The van der Waals surface area contributed by atoms with Crippen LogP contribution in [-0.2, 0) is 20.8 Å². The lowest BCUT2D eigenvalue weighted by Gasteiger charge is -2.27. The molecule has 28 heavy (non-hydrogen) atoms. The number of hydrogen-bond acceptors (Lipinski definition) is 5. The molecule has 0 aliphatic heterocycles. The van der Waals surface area contributed by atoms with E-state index in [0.717, 1.165) is 22.9 Å². The average Bonchev–Trinajstić information content (AvgIpc) is 2.49. The van der Waals surface area contributed by atoms with E-state index in [9.17, 15) is 27.9 Å². The molecule has 0 aliphatic rings. The first-order chi connectivity index (χ1) is 12.6. The number of benzene rings is 2. The zero-order valence-electron chi connectivity index (χ0n) is 16.4. The molecule has 0 aliphatic carbocycles. The molecule has 0 heterocycles. The lowest BCUT2D eigenvalue weighted by Crippen LogP contribution is -2.28. The van der Waals surface area contributed by atoms with Crippen LogP contribution in [0, 0.1) is 13.8 Å². The van der Waals surface area contributed by atoms with Crippen LogP contribution in [0.1, 0.15) is 36.1 Å². The van der Waals surface area contributed by atoms with Gasteiger partial charge in [-0.05, 0) is 80.6 Å². The van der Waals surface area contributed by atoms with E-state index >= 15 is 0 Å². The second kappa shape index (κ2) is 7.52. The number of rotatable bonds is 6. The molecule has 0 fully saturated rings. The quantitative estimate of drug-likeness (QED) is 0.604. The zero-order valence-corrected chi connectivity index (χ0v) is 18.1. The van der Waals surface area contributed by atoms with Gasteiger partial charge in [-0.15, -0.1) is 0 Å². The number of phenolic OH excluding ortho intramolecular Hbond substituents is 1. The molecule has 2 rings (SSSR count). The summed E-state index contributed by atoms with van der Waals surface area (Å²) in [6.45, 7) is 6.35. The van der Waals surface area contributed by atoms with Crippen LogP contribution in [0.5, 0.6) is 11.5 Å². The predicted octanol–water partition coefficient (Wildman–Crippen LogP) is 3.30. The Hall–Kier alpha value is -1.86. The molecule has 0 bridgehead atoms. The fourth-order valence-electron chi connectivity index (χ4n) is 2.81. The van der Waals surface area contributed by atoms with Crippen molar-refractivity contribution < 1.29 is 32.6 Å². The van der Waals surface area contributed by atoms with Crippen molar-refractivity contribution in [2.75, 3.05) is 6.26 Å². The summed E-state index contributed by atoms with van der Waals surface area (Å²) in [5.41, 5.74) is 3.33. The van der Waals surface area contributed by atoms with Crippen LogP contribution in [0.15, 0.2) is 35.2 Å². The van der Waals surface area contributed by atoms with E-state index in [1.807, 2.05) is 13.8 Å². The number of ether oxygens (including phenoxy) is 1. The molecule has 0 amide bonds. The molecule has 0 radical (unpaired) electrons. The highest BCUT2D eigenvalue weighted by atomic mass is 32.2. The van der Waals surface area contributed by atoms with Crippen LogP contribution in [0.4, 0.5) is 0 Å². The Bertz CT molecular complexity index is 1030. The largest absolute Gasteiger partial charge is 0.507 e. The van der Waals surface area contributed by atoms with Crippen LogP contribution in [0.25, 0.3) is 0 Å². The van der Waals surface area contributed by atoms with Gasteiger partial charge in [-0.1, -0.05) is 6.07 Å². The molecule has 154 valence electrons. The minimum Gasteiger partial charge on any atom is -0.507 e. The van der Waals surface area contributed by atoms with Crippen molar-refractivity contribution in [3.8, 4) is 11.5 Å². The van der Waals surface area contributed by atoms with Gasteiger partial charge in [0.05, 0.1) is 0 Å². The third-order valence-corrected chi connectivity index (χ3v) is 7.16. The van der Waals surface area contributed by atoms with Crippen molar-refractivity contribution in [2.24, 2.45) is 0 Å². The van der Waals surface area contributed by atoms with Crippen LogP contribution in [0.2, 0.25) is 0 Å². The van der Waals surface area contributed by atoms with Crippen LogP contribution >= 0.6 is 7.60 Å². The van der Waals surface area contributed by atoms with Crippen LogP contribution in [0.3, 0.4) is 0 Å². The highest BCUT2D eigenvalue weighted by Crippen LogP contribution is 2.50. The fourth-order valence-corrected chi connectivity index (χ4v) is 3.85. The molecule has 3 N–H and O–H groups in total. The van der Waals surface area contributed by atoms with Gasteiger partial charge in [0.15, 0.2) is 9.84 Å². The van der Waals surface area contributed by atoms with Gasteiger partial charge in [-0.2, -0.15) is 0 Å². The van der Waals surface area contributed by atoms with E-state index in [1.54, 1.807) is 18.2 Å². The Morgan fingerprint density at radius 3 is 2.07 bits per heavy atom. The third-order valence-electron chi connectivity index (χ3n) is 4.54. The van der Waals surface area contributed by atoms with Gasteiger partial charge < -0.3 is 19.6 Å². The van der Waals surface area contributed by atoms with E-state index < -0.39 is 22.8 Å². The van der Waals surface area contributed by atoms with E-state index in [1.165, 1.54) is 26.0 Å². The summed E-state index contributed by atoms with van der Waals surface area (Å²) in [4.78, 5) is 18.7. The molecular formula is C19H25O7PS. The van der Waals surface area contributed by atoms with Gasteiger partial charge in [0.1, 0.15) is 16.4 Å². The Labute approximate surface area is 165 Å². The van der Waals surface area contributed by atoms with Crippen molar-refractivity contribution in [3.05, 3.63) is 52.6 Å². The topological polar surface area (TPSA) is 121 Å². The Kier molecular flexibility index (Phi) is 6.02. The lowest BCUT2D eigenvalue weighted by molar-refractivity contribution is 0.151. The van der Waals surface area contributed by atoms with Crippen LogP contribution in [-0.4, -0.2) is 34.9 Å². The highest BCUT2D eigenvalue weighted by Gasteiger charge is 2.40. The minimum absolute atomic E-state index is 0.122. The SMILES string of the molecule is Cc1cc(OC(C)(C)P(=O)(O)O)cc(C)c1Cc1ccc(O)c(S(C)(=O)=O)c1. The number of aromatic hydroxyl groups is 1. The first-order valence-electron chi connectivity index (χ1n) is 8.48. The monoisotopic (exact) mass is 428 g/mol. The first kappa shape index (κ1) is 22.4. The zero-order chi connectivity index (χ0) is 21.5. The van der Waals surface area contributed by atoms with Crippen molar-refractivity contribution in [3.63, 3.8) is 0 Å². The predicted molar refractivity (Wildman–Crippen MR) is 107 cm³/mol. The van der Waals surface area contributed by atoms with E-state index in [2.05, 4.69) is 0 Å². The van der Waals surface area contributed by atoms with E-state index in [4.69, 9.17) is 4.74 Å². The molecule has 0 spiro atoms. The van der Waals surface area contributed by atoms with Gasteiger partial charge in [0.25, 0.3) is 0 Å². The average molecular weight is 428 g/mol. The first-order valence-corrected chi connectivity index (χ1v) is 12.0. The van der Waals surface area contributed by atoms with Crippen molar-refractivity contribution in [2.45, 2.75) is 44.4 Å². The summed E-state index contributed by atoms with van der Waals surface area (Å²) in [5, 5.41) is 8.14. The van der Waals surface area contributed by atoms with Crippen molar-refractivity contribution in [1.29, 1.82) is 0 Å². The Morgan fingerprint density at radius 1 is 1.07 bits per heavy atom. The molecule has 2 aromatic rings. The summed E-state index contributed by atoms with van der Waals surface area (Å²) in [6, 6.07) is 7.85. The van der Waals surface area contributed by atoms with Gasteiger partial charge in [0, 0.05) is 6.26 Å². The second-order valence-corrected chi connectivity index (χ2v) is 11.5. The van der Waals surface area contributed by atoms with Crippen molar-refractivity contribution >= 4 is 17.4 Å². The Balaban J connectivity index is 2.38. The minimum atomic E-state index is -4.46. The van der Waals surface area contributed by atoms with Gasteiger partial charge in [-0.3, -0.25) is 4.57 Å². The van der Waals surface area contributed by atoms with Crippen molar-refractivity contribution in [1.82, 2.24) is 0 Å². The molecule has 7 nitrogen and oxygen atoms in total. The second-order valence-electron chi connectivity index (χ2n) is 7.38. The molecular weight excluding hydrogens is 403 g/mol. The normalized spacial score (nSPS) is 12.8. The summed E-state index contributed by atoms with van der Waals surface area (Å²) in [6.07, 6.45) is 1.47. The molecule has 0 atom stereocenters. The molecule has 0 saturated carbocycles. The molecule has 0 unspecified atom stereocenters. The van der Waals surface area contributed by atoms with Gasteiger partial charge >= 0.3 is 7.60 Å². The maximum absolute atomic E-state index is 11.8. The standard InChI is InChI=1S/C19H25O7PS/c1-12-8-15(26-19(3,4)27(21,22)23)9-13(2)16(12)10-14-6-7-17(20)18(11-14)28(5,24)25/h6-9,11,20H,10H2,1-5H3,(H2,21,22,23). The lowest BCUT2D eigenvalue weighted by atomic mass is 9.95. The number of aryl methyl sites for hydroxylation is 2. The fraction of sp³-hybridized carbons (Fsp3) is 0.368. The summed E-state index contributed by atoms with van der Waals surface area (Å²) >= 11 is 0. The summed E-state index contributed by atoms with van der Waals surface area (Å²) < 4.78 is 40.7. The van der Waals surface area contributed by atoms with Gasteiger partial charge in [0.2, 0.25) is 5.34 Å². The number of sulfone groups is 1. The van der Waals surface area contributed by atoms with E-state index in [0.29, 0.717) is 17.7 Å². The Morgan fingerprint density at radius 2 is 1.61 bits per heavy atom. The highest BCUT2D eigenvalue weighted by molar-refractivity contribution is 7.90. The third kappa shape index (κ3) is 4.94. The molecule has 2 aromatic carbocycles. The summed E-state index contributed by atoms with van der Waals surface area (Å²) in [7, 11) is -8.01. The number of phenols is 1. The smallest absolute Gasteiger partial charge is 0.368 e. The summed E-state index contributed by atoms with van der Waals surface area (Å²) in [5.74, 6) is 0.0534. The maximum atomic E-state index is 11.8. The number of hydrogen-bond donors (Lipinski definition) is 3. The molecule has 9 heteroatoms. The van der Waals surface area contributed by atoms with E-state index in [-0.39, 0.29) is 10.6 Å². The van der Waals surface area contributed by atoms with Gasteiger partial charge in [-0.25, -0.2) is 8.42 Å². The van der Waals surface area contributed by atoms with Crippen LogP contribution < -0.4 is 4.74 Å². The molecule has 0 aromatic heterocycles. The maximum Gasteiger partial charge on any atom is 0.368 e.